The average Bonchev–Trinajstić information content (AvgIpc) is 3.11. The Hall–Kier alpha value is -1.60. The molecule has 1 aliphatic rings. The number of rotatable bonds is 7. The van der Waals surface area contributed by atoms with Crippen molar-refractivity contribution in [1.82, 2.24) is 25.3 Å². The predicted molar refractivity (Wildman–Crippen MR) is 84.6 cm³/mol. The van der Waals surface area contributed by atoms with Crippen LogP contribution in [0.15, 0.2) is 12.4 Å². The number of hydrogen-bond donors (Lipinski definition) is 2. The van der Waals surface area contributed by atoms with Crippen molar-refractivity contribution >= 4 is 6.03 Å². The third-order valence-corrected chi connectivity index (χ3v) is 3.96. The van der Waals surface area contributed by atoms with Crippen LogP contribution in [-0.2, 0) is 11.8 Å². The fraction of sp³-hybridized carbons (Fsp3) is 0.733. The minimum Gasteiger partial charge on any atom is -0.378 e. The Balaban J connectivity index is 1.70. The standard InChI is InChI=1S/C15H27N5O2/c1-19(2)14(12-9-18-20(3)11-12)10-17-15(21)16-7-6-13-5-4-8-22-13/h9,11,13-14H,4-8,10H2,1-3H3,(H2,16,17,21)/t13-,14-/m0/s1. The molecule has 2 N–H and O–H groups in total. The van der Waals surface area contributed by atoms with Gasteiger partial charge in [-0.05, 0) is 33.4 Å². The van der Waals surface area contributed by atoms with E-state index in [2.05, 4.69) is 20.6 Å². The average molecular weight is 309 g/mol. The van der Waals surface area contributed by atoms with Gasteiger partial charge in [0.25, 0.3) is 0 Å². The van der Waals surface area contributed by atoms with E-state index in [0.717, 1.165) is 31.4 Å². The second kappa shape index (κ2) is 8.14. The molecule has 1 aliphatic heterocycles. The Bertz CT molecular complexity index is 468. The van der Waals surface area contributed by atoms with Gasteiger partial charge in [0, 0.05) is 38.5 Å². The summed E-state index contributed by atoms with van der Waals surface area (Å²) in [4.78, 5) is 14.0. The maximum absolute atomic E-state index is 11.9. The second-order valence-electron chi connectivity index (χ2n) is 5.99. The lowest BCUT2D eigenvalue weighted by Gasteiger charge is -2.23. The van der Waals surface area contributed by atoms with Crippen LogP contribution in [0.5, 0.6) is 0 Å². The number of urea groups is 1. The summed E-state index contributed by atoms with van der Waals surface area (Å²) in [5.41, 5.74) is 1.09. The molecule has 1 fully saturated rings. The molecule has 124 valence electrons. The highest BCUT2D eigenvalue weighted by molar-refractivity contribution is 5.73. The lowest BCUT2D eigenvalue weighted by atomic mass is 10.1. The highest BCUT2D eigenvalue weighted by Gasteiger charge is 2.18. The monoisotopic (exact) mass is 309 g/mol. The SMILES string of the molecule is CN(C)[C@@H](CNC(=O)NCC[C@@H]1CCCO1)c1cnn(C)c1. The molecule has 2 heterocycles. The number of nitrogens with zero attached hydrogens (tertiary/aromatic N) is 3. The first kappa shape index (κ1) is 16.8. The predicted octanol–water partition coefficient (Wildman–Crippen LogP) is 0.891. The topological polar surface area (TPSA) is 71.4 Å². The van der Waals surface area contributed by atoms with Gasteiger partial charge in [0.2, 0.25) is 0 Å². The molecule has 2 rings (SSSR count). The minimum atomic E-state index is -0.131. The number of nitrogens with one attached hydrogen (secondary N) is 2. The molecule has 2 amide bonds. The maximum atomic E-state index is 11.9. The first-order valence-corrected chi connectivity index (χ1v) is 7.84. The number of carbonyl (C=O) groups is 1. The van der Waals surface area contributed by atoms with Crippen molar-refractivity contribution in [2.24, 2.45) is 7.05 Å². The summed E-state index contributed by atoms with van der Waals surface area (Å²) in [6.07, 6.45) is 7.24. The number of ether oxygens (including phenoxy) is 1. The van der Waals surface area contributed by atoms with Gasteiger partial charge in [-0.1, -0.05) is 0 Å². The van der Waals surface area contributed by atoms with Crippen molar-refractivity contribution in [2.75, 3.05) is 33.8 Å². The van der Waals surface area contributed by atoms with Gasteiger partial charge >= 0.3 is 6.03 Å². The van der Waals surface area contributed by atoms with Crippen LogP contribution in [0.25, 0.3) is 0 Å². The summed E-state index contributed by atoms with van der Waals surface area (Å²) < 4.78 is 7.31. The van der Waals surface area contributed by atoms with Crippen LogP contribution in [0.4, 0.5) is 4.79 Å². The third kappa shape index (κ3) is 4.99. The number of likely N-dealkylation sites (N-methyl/N-ethyl adjacent to an activating group) is 1. The number of aryl methyl sites for hydroxylation is 1. The lowest BCUT2D eigenvalue weighted by Crippen LogP contribution is -2.41. The largest absolute Gasteiger partial charge is 0.378 e. The van der Waals surface area contributed by atoms with Gasteiger partial charge in [0.15, 0.2) is 0 Å². The van der Waals surface area contributed by atoms with Crippen molar-refractivity contribution in [3.8, 4) is 0 Å². The maximum Gasteiger partial charge on any atom is 0.314 e. The molecule has 0 aliphatic carbocycles. The molecule has 1 aromatic heterocycles. The Morgan fingerprint density at radius 1 is 1.55 bits per heavy atom. The molecule has 2 atom stereocenters. The summed E-state index contributed by atoms with van der Waals surface area (Å²) in [5.74, 6) is 0. The molecule has 0 bridgehead atoms. The van der Waals surface area contributed by atoms with Gasteiger partial charge in [-0.15, -0.1) is 0 Å². The van der Waals surface area contributed by atoms with Gasteiger partial charge in [0.1, 0.15) is 0 Å². The molecule has 0 aromatic carbocycles. The molecule has 0 unspecified atom stereocenters. The van der Waals surface area contributed by atoms with Crippen molar-refractivity contribution in [1.29, 1.82) is 0 Å². The Morgan fingerprint density at radius 3 is 2.95 bits per heavy atom. The molecule has 0 radical (unpaired) electrons. The summed E-state index contributed by atoms with van der Waals surface area (Å²) >= 11 is 0. The van der Waals surface area contributed by atoms with Gasteiger partial charge in [-0.2, -0.15) is 5.10 Å². The molecular formula is C15H27N5O2. The Labute approximate surface area is 132 Å². The quantitative estimate of drug-likeness (QED) is 0.785. The van der Waals surface area contributed by atoms with E-state index in [1.807, 2.05) is 33.5 Å². The van der Waals surface area contributed by atoms with Crippen molar-refractivity contribution in [3.63, 3.8) is 0 Å². The van der Waals surface area contributed by atoms with Crippen molar-refractivity contribution in [2.45, 2.75) is 31.4 Å². The first-order valence-electron chi connectivity index (χ1n) is 7.84. The van der Waals surface area contributed by atoms with E-state index in [4.69, 9.17) is 4.74 Å². The highest BCUT2D eigenvalue weighted by atomic mass is 16.5. The molecule has 22 heavy (non-hydrogen) atoms. The van der Waals surface area contributed by atoms with Crippen LogP contribution >= 0.6 is 0 Å². The Kier molecular flexibility index (Phi) is 6.21. The molecular weight excluding hydrogens is 282 g/mol. The summed E-state index contributed by atoms with van der Waals surface area (Å²) in [7, 11) is 5.88. The second-order valence-corrected chi connectivity index (χ2v) is 5.99. The summed E-state index contributed by atoms with van der Waals surface area (Å²) in [6.45, 7) is 2.05. The summed E-state index contributed by atoms with van der Waals surface area (Å²) in [5, 5.41) is 10.0. The van der Waals surface area contributed by atoms with Crippen molar-refractivity contribution < 1.29 is 9.53 Å². The molecule has 1 saturated heterocycles. The molecule has 0 spiro atoms. The van der Waals surface area contributed by atoms with E-state index >= 15 is 0 Å². The van der Waals surface area contributed by atoms with Gasteiger partial charge in [-0.25, -0.2) is 4.79 Å². The normalized spacial score (nSPS) is 19.4. The minimum absolute atomic E-state index is 0.109. The first-order chi connectivity index (χ1) is 10.6. The zero-order valence-corrected chi connectivity index (χ0v) is 13.7. The number of amides is 2. The van der Waals surface area contributed by atoms with E-state index in [0.29, 0.717) is 19.2 Å². The van der Waals surface area contributed by atoms with Gasteiger partial charge < -0.3 is 20.3 Å². The molecule has 1 aromatic rings. The van der Waals surface area contributed by atoms with E-state index < -0.39 is 0 Å². The Morgan fingerprint density at radius 2 is 2.36 bits per heavy atom. The zero-order chi connectivity index (χ0) is 15.9. The number of carbonyl (C=O) groups excluding carboxylic acids is 1. The van der Waals surface area contributed by atoms with Crippen LogP contribution in [0.2, 0.25) is 0 Å². The van der Waals surface area contributed by atoms with Crippen LogP contribution in [0, 0.1) is 0 Å². The zero-order valence-electron chi connectivity index (χ0n) is 13.7. The van der Waals surface area contributed by atoms with E-state index in [1.165, 1.54) is 0 Å². The lowest BCUT2D eigenvalue weighted by molar-refractivity contribution is 0.104. The fourth-order valence-electron chi connectivity index (χ4n) is 2.68. The van der Waals surface area contributed by atoms with Crippen LogP contribution in [0.1, 0.15) is 30.9 Å². The van der Waals surface area contributed by atoms with E-state index in [9.17, 15) is 4.79 Å². The van der Waals surface area contributed by atoms with Gasteiger partial charge in [0.05, 0.1) is 18.3 Å². The van der Waals surface area contributed by atoms with Crippen molar-refractivity contribution in [3.05, 3.63) is 18.0 Å². The van der Waals surface area contributed by atoms with Gasteiger partial charge in [-0.3, -0.25) is 4.68 Å². The third-order valence-electron chi connectivity index (χ3n) is 3.96. The van der Waals surface area contributed by atoms with E-state index in [-0.39, 0.29) is 12.1 Å². The smallest absolute Gasteiger partial charge is 0.314 e. The van der Waals surface area contributed by atoms with E-state index in [1.54, 1.807) is 4.68 Å². The van der Waals surface area contributed by atoms with Crippen LogP contribution in [-0.4, -0.2) is 60.6 Å². The summed E-state index contributed by atoms with van der Waals surface area (Å²) in [6, 6.07) is -0.0219. The molecule has 0 saturated carbocycles. The van der Waals surface area contributed by atoms with Crippen LogP contribution < -0.4 is 10.6 Å². The fourth-order valence-corrected chi connectivity index (χ4v) is 2.68. The molecule has 7 heteroatoms. The highest BCUT2D eigenvalue weighted by Crippen LogP contribution is 2.16. The molecule has 7 nitrogen and oxygen atoms in total. The number of aromatic nitrogens is 2. The number of hydrogen-bond acceptors (Lipinski definition) is 4. The van der Waals surface area contributed by atoms with Crippen LogP contribution in [0.3, 0.4) is 0 Å².